The summed E-state index contributed by atoms with van der Waals surface area (Å²) in [6, 6.07) is 24.0. The zero-order valence-corrected chi connectivity index (χ0v) is 34.3. The van der Waals surface area contributed by atoms with Gasteiger partial charge in [0, 0.05) is 44.0 Å². The zero-order valence-electron chi connectivity index (χ0n) is 33.5. The van der Waals surface area contributed by atoms with E-state index < -0.39 is 50.8 Å². The number of esters is 1. The van der Waals surface area contributed by atoms with Crippen molar-refractivity contribution in [1.82, 2.24) is 14.2 Å². The number of sulfonamides is 1. The van der Waals surface area contributed by atoms with Crippen molar-refractivity contribution in [3.63, 3.8) is 0 Å². The molecule has 58 heavy (non-hydrogen) atoms. The van der Waals surface area contributed by atoms with Crippen molar-refractivity contribution >= 4 is 21.9 Å². The molecule has 2 N–H and O–H groups in total. The van der Waals surface area contributed by atoms with Gasteiger partial charge in [0.25, 0.3) is 5.56 Å². The van der Waals surface area contributed by atoms with E-state index in [4.69, 9.17) is 19.1 Å². The molecule has 0 radical (unpaired) electrons. The lowest BCUT2D eigenvalue weighted by molar-refractivity contribution is -0.307. The van der Waals surface area contributed by atoms with Gasteiger partial charge < -0.3 is 24.1 Å². The molecular weight excluding hydrogens is 763 g/mol. The molecule has 4 heterocycles. The van der Waals surface area contributed by atoms with E-state index in [0.717, 1.165) is 22.3 Å². The Kier molecular flexibility index (Phi) is 11.5. The third kappa shape index (κ3) is 7.30. The number of aromatic nitrogens is 1. The van der Waals surface area contributed by atoms with Gasteiger partial charge >= 0.3 is 5.97 Å². The summed E-state index contributed by atoms with van der Waals surface area (Å²) in [6.45, 7) is 9.15. The summed E-state index contributed by atoms with van der Waals surface area (Å²) in [4.78, 5) is 47.5. The number of benzene rings is 3. The highest BCUT2D eigenvalue weighted by molar-refractivity contribution is 7.89. The van der Waals surface area contributed by atoms with Crippen LogP contribution in [0.5, 0.6) is 0 Å². The Bertz CT molecular complexity index is 2340. The summed E-state index contributed by atoms with van der Waals surface area (Å²) in [5.41, 5.74) is 1.03. The molecule has 3 aromatic carbocycles. The summed E-state index contributed by atoms with van der Waals surface area (Å²) in [5, 5.41) is 14.0. The fourth-order valence-electron chi connectivity index (χ4n) is 8.69. The van der Waals surface area contributed by atoms with Gasteiger partial charge in [-0.1, -0.05) is 87.5 Å². The molecule has 14 heteroatoms. The van der Waals surface area contributed by atoms with Gasteiger partial charge in [-0.25, -0.2) is 13.3 Å². The average Bonchev–Trinajstić information content (AvgIpc) is 3.58. The van der Waals surface area contributed by atoms with Crippen LogP contribution in [0.1, 0.15) is 75.4 Å². The summed E-state index contributed by atoms with van der Waals surface area (Å²) in [6.07, 6.45) is -1.38. The van der Waals surface area contributed by atoms with Gasteiger partial charge in [0.05, 0.1) is 36.5 Å². The second kappa shape index (κ2) is 16.2. The van der Waals surface area contributed by atoms with Crippen molar-refractivity contribution in [3.8, 4) is 11.1 Å². The standard InChI is InChI=1S/C44H51N3O10S/c1-6-43(41(50)54-7-2,36-24-38-44(55-27-42(4,5)28-56-44)21-22-46(38)40(49)35(36)25-45-29(3)48)39(57-51)37-23-32-15-11-12-16-33(32)26-47(37)58(52,53)34-19-17-31(18-20-34)30-13-9-8-10-14-30/h8-20,24,37,39,51H,6-7,21-23,25-28H2,1-5H3,(H,45,48)/t37?,39-,43?/m0/s1. The van der Waals surface area contributed by atoms with Crippen LogP contribution < -0.4 is 10.9 Å². The third-order valence-electron chi connectivity index (χ3n) is 11.8. The lowest BCUT2D eigenvalue weighted by Crippen LogP contribution is -2.61. The molecule has 0 bridgehead atoms. The summed E-state index contributed by atoms with van der Waals surface area (Å²) < 4.78 is 51.4. The van der Waals surface area contributed by atoms with Crippen LogP contribution >= 0.6 is 0 Å². The molecule has 0 aliphatic carbocycles. The summed E-state index contributed by atoms with van der Waals surface area (Å²) in [7, 11) is -4.35. The largest absolute Gasteiger partial charge is 0.465 e. The highest BCUT2D eigenvalue weighted by Gasteiger charge is 2.58. The van der Waals surface area contributed by atoms with E-state index in [-0.39, 0.29) is 60.5 Å². The van der Waals surface area contributed by atoms with Crippen molar-refractivity contribution in [1.29, 1.82) is 0 Å². The smallest absolute Gasteiger partial charge is 0.319 e. The molecule has 1 amide bonds. The number of nitrogens with zero attached hydrogens (tertiary/aromatic N) is 2. The van der Waals surface area contributed by atoms with Crippen molar-refractivity contribution in [2.24, 2.45) is 5.41 Å². The van der Waals surface area contributed by atoms with Crippen molar-refractivity contribution in [3.05, 3.63) is 123 Å². The van der Waals surface area contributed by atoms with E-state index >= 15 is 0 Å². The number of fused-ring (bicyclic) bond motifs is 3. The quantitative estimate of drug-likeness (QED) is 0.104. The Labute approximate surface area is 338 Å². The van der Waals surface area contributed by atoms with Gasteiger partial charge in [-0.15, -0.1) is 0 Å². The lowest BCUT2D eigenvalue weighted by Gasteiger charge is -2.46. The van der Waals surface area contributed by atoms with Gasteiger partial charge in [0.15, 0.2) is 0 Å². The van der Waals surface area contributed by atoms with Crippen molar-refractivity contribution in [2.75, 3.05) is 19.8 Å². The molecule has 1 fully saturated rings. The molecule has 1 spiro atoms. The van der Waals surface area contributed by atoms with Gasteiger partial charge in [0.1, 0.15) is 11.5 Å². The molecule has 3 aliphatic rings. The van der Waals surface area contributed by atoms with Crippen LogP contribution in [0.25, 0.3) is 11.1 Å². The number of carbonyl (C=O) groups excluding carboxylic acids is 2. The number of hydrogen-bond donors (Lipinski definition) is 2. The Morgan fingerprint density at radius 3 is 2.22 bits per heavy atom. The lowest BCUT2D eigenvalue weighted by atomic mass is 9.68. The van der Waals surface area contributed by atoms with Crippen LogP contribution in [0, 0.1) is 5.41 Å². The highest BCUT2D eigenvalue weighted by Crippen LogP contribution is 2.47. The fourth-order valence-corrected chi connectivity index (χ4v) is 10.3. The minimum Gasteiger partial charge on any atom is -0.465 e. The van der Waals surface area contributed by atoms with E-state index in [0.29, 0.717) is 25.3 Å². The van der Waals surface area contributed by atoms with Crippen LogP contribution in [0.3, 0.4) is 0 Å². The Balaban J connectivity index is 1.43. The zero-order chi connectivity index (χ0) is 41.5. The molecular formula is C44H51N3O10S. The topological polar surface area (TPSA) is 163 Å². The van der Waals surface area contributed by atoms with E-state index in [9.17, 15) is 28.1 Å². The van der Waals surface area contributed by atoms with Gasteiger partial charge in [0.2, 0.25) is 21.7 Å². The molecule has 2 unspecified atom stereocenters. The van der Waals surface area contributed by atoms with Gasteiger partial charge in [-0.2, -0.15) is 4.31 Å². The van der Waals surface area contributed by atoms with Crippen LogP contribution in [0.4, 0.5) is 0 Å². The third-order valence-corrected chi connectivity index (χ3v) is 13.7. The van der Waals surface area contributed by atoms with Crippen LogP contribution in [0.2, 0.25) is 0 Å². The molecule has 1 aromatic heterocycles. The molecule has 1 saturated heterocycles. The highest BCUT2D eigenvalue weighted by atomic mass is 32.2. The SMILES string of the molecule is CCOC(=O)C(CC)(c1cc2n(c(=O)c1CNC(C)=O)CCC21OCC(C)(C)CO1)[C@@H](OO)C1Cc2ccccc2CN1S(=O)(=O)c1ccc(-c2ccccc2)cc1. The summed E-state index contributed by atoms with van der Waals surface area (Å²) in [5.74, 6) is -2.57. The number of ether oxygens (including phenoxy) is 3. The number of nitrogens with one attached hydrogen (secondary N) is 1. The minimum atomic E-state index is -4.35. The molecule has 308 valence electrons. The van der Waals surface area contributed by atoms with Crippen molar-refractivity contribution < 1.29 is 42.4 Å². The first-order chi connectivity index (χ1) is 27.7. The second-order valence-corrected chi connectivity index (χ2v) is 18.0. The first-order valence-electron chi connectivity index (χ1n) is 19.7. The predicted octanol–water partition coefficient (Wildman–Crippen LogP) is 5.67. The van der Waals surface area contributed by atoms with E-state index in [1.165, 1.54) is 15.8 Å². The molecule has 3 aliphatic heterocycles. The number of rotatable bonds is 12. The summed E-state index contributed by atoms with van der Waals surface area (Å²) >= 11 is 0. The first kappa shape index (κ1) is 41.5. The minimum absolute atomic E-state index is 0.00469. The Morgan fingerprint density at radius 2 is 1.60 bits per heavy atom. The maximum atomic E-state index is 15.0. The Morgan fingerprint density at radius 1 is 0.966 bits per heavy atom. The van der Waals surface area contributed by atoms with Crippen molar-refractivity contribution in [2.45, 2.75) is 102 Å². The van der Waals surface area contributed by atoms with E-state index in [1.54, 1.807) is 44.2 Å². The Hall–Kier alpha value is -4.70. The molecule has 3 atom stereocenters. The molecule has 7 rings (SSSR count). The maximum Gasteiger partial charge on any atom is 0.319 e. The van der Waals surface area contributed by atoms with E-state index in [2.05, 4.69) is 5.32 Å². The monoisotopic (exact) mass is 813 g/mol. The van der Waals surface area contributed by atoms with E-state index in [1.807, 2.05) is 68.4 Å². The molecule has 4 aromatic rings. The van der Waals surface area contributed by atoms with Crippen LogP contribution in [0.15, 0.2) is 94.6 Å². The maximum absolute atomic E-state index is 15.0. The number of amides is 1. The van der Waals surface area contributed by atoms with Crippen LogP contribution in [-0.4, -0.2) is 66.4 Å². The second-order valence-electron chi connectivity index (χ2n) is 16.1. The fraction of sp³-hybridized carbons (Fsp3) is 0.432. The van der Waals surface area contributed by atoms with Crippen LogP contribution in [-0.2, 0) is 76.0 Å². The average molecular weight is 814 g/mol. The molecule has 13 nitrogen and oxygen atoms in total. The molecule has 0 saturated carbocycles. The van der Waals surface area contributed by atoms with Gasteiger partial charge in [-0.3, -0.25) is 19.6 Å². The first-order valence-corrected chi connectivity index (χ1v) is 21.2. The number of hydrogen-bond acceptors (Lipinski definition) is 10. The normalized spacial score (nSPS) is 20.1. The predicted molar refractivity (Wildman–Crippen MR) is 215 cm³/mol. The number of carbonyl (C=O) groups is 2. The van der Waals surface area contributed by atoms with Gasteiger partial charge in [-0.05, 0) is 65.8 Å². The number of pyridine rings is 1.